The summed E-state index contributed by atoms with van der Waals surface area (Å²) in [5, 5.41) is 2.66. The monoisotopic (exact) mass is 394 g/mol. The first-order valence-electron chi connectivity index (χ1n) is 7.73. The van der Waals surface area contributed by atoms with Gasteiger partial charge in [0.2, 0.25) is 22.7 Å². The van der Waals surface area contributed by atoms with E-state index in [-0.39, 0.29) is 24.1 Å². The summed E-state index contributed by atoms with van der Waals surface area (Å²) in [6.45, 7) is 1.65. The summed E-state index contributed by atoms with van der Waals surface area (Å²) < 4.78 is 38.3. The highest BCUT2D eigenvalue weighted by molar-refractivity contribution is 7.98. The van der Waals surface area contributed by atoms with Gasteiger partial charge in [0.25, 0.3) is 0 Å². The third kappa shape index (κ3) is 4.12. The highest BCUT2D eigenvalue weighted by Crippen LogP contribution is 2.32. The maximum atomic E-state index is 12.6. The summed E-state index contributed by atoms with van der Waals surface area (Å²) in [6.07, 6.45) is 1.85. The van der Waals surface area contributed by atoms with Gasteiger partial charge in [-0.25, -0.2) is 13.1 Å². The van der Waals surface area contributed by atoms with Crippen LogP contribution in [0.2, 0.25) is 0 Å². The SMILES string of the molecule is CSc1ccc(S(=O)(=O)NCc2ccc3c(c2)OCO3)cc1NC(C)=O. The van der Waals surface area contributed by atoms with E-state index < -0.39 is 10.0 Å². The number of thioether (sulfide) groups is 1. The summed E-state index contributed by atoms with van der Waals surface area (Å²) >= 11 is 1.42. The highest BCUT2D eigenvalue weighted by Gasteiger charge is 2.18. The molecule has 26 heavy (non-hydrogen) atoms. The predicted molar refractivity (Wildman–Crippen MR) is 99.1 cm³/mol. The maximum Gasteiger partial charge on any atom is 0.240 e. The van der Waals surface area contributed by atoms with Gasteiger partial charge in [-0.3, -0.25) is 4.79 Å². The van der Waals surface area contributed by atoms with Crippen molar-refractivity contribution in [1.82, 2.24) is 4.72 Å². The molecule has 0 fully saturated rings. The number of nitrogens with one attached hydrogen (secondary N) is 2. The first-order valence-corrected chi connectivity index (χ1v) is 10.4. The number of anilines is 1. The van der Waals surface area contributed by atoms with Crippen molar-refractivity contribution in [1.29, 1.82) is 0 Å². The number of ether oxygens (including phenoxy) is 2. The van der Waals surface area contributed by atoms with E-state index in [2.05, 4.69) is 10.0 Å². The van der Waals surface area contributed by atoms with Crippen molar-refractivity contribution in [3.8, 4) is 11.5 Å². The number of amides is 1. The number of sulfonamides is 1. The summed E-state index contributed by atoms with van der Waals surface area (Å²) in [6, 6.07) is 9.90. The topological polar surface area (TPSA) is 93.7 Å². The van der Waals surface area contributed by atoms with Gasteiger partial charge in [0, 0.05) is 18.4 Å². The largest absolute Gasteiger partial charge is 0.454 e. The minimum absolute atomic E-state index is 0.0831. The summed E-state index contributed by atoms with van der Waals surface area (Å²) in [5.41, 5.74) is 1.22. The van der Waals surface area contributed by atoms with E-state index in [1.165, 1.54) is 30.8 Å². The Hall–Kier alpha value is -2.23. The van der Waals surface area contributed by atoms with E-state index in [4.69, 9.17) is 9.47 Å². The van der Waals surface area contributed by atoms with Gasteiger partial charge in [0.05, 0.1) is 10.6 Å². The van der Waals surface area contributed by atoms with Crippen molar-refractivity contribution < 1.29 is 22.7 Å². The first kappa shape index (κ1) is 18.6. The molecule has 1 amide bonds. The summed E-state index contributed by atoms with van der Waals surface area (Å²) in [4.78, 5) is 12.2. The van der Waals surface area contributed by atoms with Gasteiger partial charge in [-0.05, 0) is 42.2 Å². The predicted octanol–water partition coefficient (Wildman–Crippen LogP) is 2.57. The zero-order valence-electron chi connectivity index (χ0n) is 14.2. The number of hydrogen-bond donors (Lipinski definition) is 2. The fraction of sp³-hybridized carbons (Fsp3) is 0.235. The van der Waals surface area contributed by atoms with Crippen LogP contribution in [0, 0.1) is 0 Å². The minimum atomic E-state index is -3.74. The quantitative estimate of drug-likeness (QED) is 0.732. The van der Waals surface area contributed by atoms with Gasteiger partial charge in [-0.2, -0.15) is 0 Å². The average molecular weight is 394 g/mol. The first-order chi connectivity index (χ1) is 12.4. The van der Waals surface area contributed by atoms with E-state index in [0.29, 0.717) is 17.2 Å². The van der Waals surface area contributed by atoms with Crippen LogP contribution in [-0.4, -0.2) is 27.4 Å². The number of carbonyl (C=O) groups excluding carboxylic acids is 1. The molecule has 0 aromatic heterocycles. The number of rotatable bonds is 6. The van der Waals surface area contributed by atoms with Crippen LogP contribution in [0.25, 0.3) is 0 Å². The maximum absolute atomic E-state index is 12.6. The third-order valence-corrected chi connectivity index (χ3v) is 5.89. The van der Waals surface area contributed by atoms with Crippen LogP contribution in [0.5, 0.6) is 11.5 Å². The van der Waals surface area contributed by atoms with E-state index in [0.717, 1.165) is 10.5 Å². The molecular formula is C17H18N2O5S2. The zero-order valence-corrected chi connectivity index (χ0v) is 15.9. The van der Waals surface area contributed by atoms with E-state index in [1.807, 2.05) is 6.26 Å². The van der Waals surface area contributed by atoms with Crippen LogP contribution in [-0.2, 0) is 21.4 Å². The Bertz CT molecular complexity index is 944. The molecular weight excluding hydrogens is 376 g/mol. The van der Waals surface area contributed by atoms with Gasteiger partial charge in [0.1, 0.15) is 0 Å². The lowest BCUT2D eigenvalue weighted by atomic mass is 10.2. The van der Waals surface area contributed by atoms with Crippen LogP contribution in [0.15, 0.2) is 46.2 Å². The van der Waals surface area contributed by atoms with Gasteiger partial charge in [0.15, 0.2) is 11.5 Å². The van der Waals surface area contributed by atoms with Crippen LogP contribution < -0.4 is 19.5 Å². The molecule has 2 aromatic rings. The summed E-state index contributed by atoms with van der Waals surface area (Å²) in [5.74, 6) is 0.978. The lowest BCUT2D eigenvalue weighted by Crippen LogP contribution is -2.23. The molecule has 0 saturated heterocycles. The third-order valence-electron chi connectivity index (χ3n) is 3.70. The fourth-order valence-corrected chi connectivity index (χ4v) is 4.03. The molecule has 1 heterocycles. The Kier molecular flexibility index (Phi) is 5.40. The van der Waals surface area contributed by atoms with Gasteiger partial charge in [-0.15, -0.1) is 11.8 Å². The normalized spacial score (nSPS) is 12.8. The molecule has 1 aliphatic heterocycles. The molecule has 0 aliphatic carbocycles. The molecule has 2 N–H and O–H groups in total. The van der Waals surface area contributed by atoms with E-state index in [9.17, 15) is 13.2 Å². The average Bonchev–Trinajstić information content (AvgIpc) is 3.07. The fourth-order valence-electron chi connectivity index (χ4n) is 2.45. The van der Waals surface area contributed by atoms with Crippen molar-refractivity contribution in [3.63, 3.8) is 0 Å². The molecule has 0 saturated carbocycles. The highest BCUT2D eigenvalue weighted by atomic mass is 32.2. The van der Waals surface area contributed by atoms with Crippen molar-refractivity contribution >= 4 is 33.4 Å². The van der Waals surface area contributed by atoms with Crippen LogP contribution in [0.3, 0.4) is 0 Å². The van der Waals surface area contributed by atoms with E-state index in [1.54, 1.807) is 24.3 Å². The Morgan fingerprint density at radius 3 is 2.65 bits per heavy atom. The number of fused-ring (bicyclic) bond motifs is 1. The molecule has 0 radical (unpaired) electrons. The molecule has 1 aliphatic rings. The van der Waals surface area contributed by atoms with Crippen LogP contribution >= 0.6 is 11.8 Å². The van der Waals surface area contributed by atoms with E-state index >= 15 is 0 Å². The standard InChI is InChI=1S/C17H18N2O5S2/c1-11(20)19-14-8-13(4-6-17(14)25-2)26(21,22)18-9-12-3-5-15-16(7-12)24-10-23-15/h3-8,18H,9-10H2,1-2H3,(H,19,20). The zero-order chi connectivity index (χ0) is 18.7. The summed E-state index contributed by atoms with van der Waals surface area (Å²) in [7, 11) is -3.74. The van der Waals surface area contributed by atoms with Crippen molar-refractivity contribution in [2.75, 3.05) is 18.4 Å². The molecule has 2 aromatic carbocycles. The number of benzene rings is 2. The Morgan fingerprint density at radius 2 is 1.92 bits per heavy atom. The van der Waals surface area contributed by atoms with Gasteiger partial charge >= 0.3 is 0 Å². The molecule has 3 rings (SSSR count). The van der Waals surface area contributed by atoms with Crippen molar-refractivity contribution in [3.05, 3.63) is 42.0 Å². The lowest BCUT2D eigenvalue weighted by Gasteiger charge is -2.12. The Balaban J connectivity index is 1.78. The molecule has 0 bridgehead atoms. The molecule has 9 heteroatoms. The smallest absolute Gasteiger partial charge is 0.240 e. The second kappa shape index (κ2) is 7.56. The second-order valence-electron chi connectivity index (χ2n) is 5.56. The minimum Gasteiger partial charge on any atom is -0.454 e. The number of hydrogen-bond acceptors (Lipinski definition) is 6. The molecule has 0 spiro atoms. The van der Waals surface area contributed by atoms with Crippen LogP contribution in [0.1, 0.15) is 12.5 Å². The van der Waals surface area contributed by atoms with Crippen LogP contribution in [0.4, 0.5) is 5.69 Å². The van der Waals surface area contributed by atoms with Gasteiger partial charge in [-0.1, -0.05) is 6.07 Å². The number of carbonyl (C=O) groups is 1. The molecule has 0 unspecified atom stereocenters. The molecule has 7 nitrogen and oxygen atoms in total. The molecule has 0 atom stereocenters. The van der Waals surface area contributed by atoms with Gasteiger partial charge < -0.3 is 14.8 Å². The second-order valence-corrected chi connectivity index (χ2v) is 8.17. The Morgan fingerprint density at radius 1 is 1.15 bits per heavy atom. The van der Waals surface area contributed by atoms with Crippen molar-refractivity contribution in [2.24, 2.45) is 0 Å². The Labute approximate surface area is 156 Å². The van der Waals surface area contributed by atoms with Crippen molar-refractivity contribution in [2.45, 2.75) is 23.3 Å². The lowest BCUT2D eigenvalue weighted by molar-refractivity contribution is -0.114. The molecule has 138 valence electrons.